The molecule has 0 aliphatic carbocycles. The highest BCUT2D eigenvalue weighted by atomic mass is 16.1. The van der Waals surface area contributed by atoms with E-state index in [2.05, 4.69) is 32.7 Å². The number of nitrogens with zero attached hydrogens (tertiary/aromatic N) is 3. The fraction of sp³-hybridized carbons (Fsp3) is 0.263. The van der Waals surface area contributed by atoms with E-state index >= 15 is 0 Å². The van der Waals surface area contributed by atoms with Crippen molar-refractivity contribution >= 4 is 17.2 Å². The molecule has 0 radical (unpaired) electrons. The fourth-order valence-corrected chi connectivity index (χ4v) is 3.13. The van der Waals surface area contributed by atoms with Crippen molar-refractivity contribution in [2.75, 3.05) is 31.5 Å². The summed E-state index contributed by atoms with van der Waals surface area (Å²) in [5, 5.41) is 6.27. The van der Waals surface area contributed by atoms with Gasteiger partial charge in [0.25, 0.3) is 5.91 Å². The molecule has 6 nitrogen and oxygen atoms in total. The molecule has 25 heavy (non-hydrogen) atoms. The van der Waals surface area contributed by atoms with E-state index < -0.39 is 0 Å². The van der Waals surface area contributed by atoms with Crippen LogP contribution in [0.4, 0.5) is 5.69 Å². The molecule has 1 fully saturated rings. The molecule has 1 amide bonds. The van der Waals surface area contributed by atoms with Crippen LogP contribution in [0, 0.1) is 0 Å². The molecule has 0 saturated carbocycles. The summed E-state index contributed by atoms with van der Waals surface area (Å²) in [4.78, 5) is 19.3. The Bertz CT molecular complexity index is 868. The van der Waals surface area contributed by atoms with Crippen LogP contribution in [0.25, 0.3) is 5.65 Å². The Morgan fingerprint density at radius 2 is 1.96 bits per heavy atom. The fourth-order valence-electron chi connectivity index (χ4n) is 3.13. The minimum atomic E-state index is -0.159. The normalized spacial score (nSPS) is 15.4. The lowest BCUT2D eigenvalue weighted by molar-refractivity contribution is 0.102. The number of pyridine rings is 1. The summed E-state index contributed by atoms with van der Waals surface area (Å²) in [5.41, 5.74) is 3.33. The number of carbonyl (C=O) groups is 1. The standard InChI is InChI=1S/C19H21N5O/c25-19(22-16-4-2-1-3-5-16)17-13-21-18-12-15(6-9-24(17)18)14-23-10-7-20-8-11-23/h1-6,9,12-13,20H,7-8,10-11,14H2,(H,22,25). The molecule has 1 aliphatic heterocycles. The minimum Gasteiger partial charge on any atom is -0.321 e. The van der Waals surface area contributed by atoms with Crippen molar-refractivity contribution in [1.29, 1.82) is 0 Å². The van der Waals surface area contributed by atoms with Crippen molar-refractivity contribution in [3.05, 3.63) is 66.1 Å². The number of hydrogen-bond donors (Lipinski definition) is 2. The highest BCUT2D eigenvalue weighted by Gasteiger charge is 2.14. The number of hydrogen-bond acceptors (Lipinski definition) is 4. The van der Waals surface area contributed by atoms with E-state index in [1.165, 1.54) is 5.56 Å². The van der Waals surface area contributed by atoms with Crippen LogP contribution in [0.15, 0.2) is 54.9 Å². The molecule has 128 valence electrons. The molecule has 2 N–H and O–H groups in total. The summed E-state index contributed by atoms with van der Waals surface area (Å²) in [7, 11) is 0. The molecule has 2 aromatic heterocycles. The third kappa shape index (κ3) is 3.55. The Kier molecular flexibility index (Phi) is 4.45. The van der Waals surface area contributed by atoms with Gasteiger partial charge in [0.1, 0.15) is 11.3 Å². The lowest BCUT2D eigenvalue weighted by Crippen LogP contribution is -2.42. The van der Waals surface area contributed by atoms with Gasteiger partial charge >= 0.3 is 0 Å². The van der Waals surface area contributed by atoms with E-state index in [0.717, 1.165) is 44.1 Å². The van der Waals surface area contributed by atoms with Crippen LogP contribution in [-0.4, -0.2) is 46.4 Å². The van der Waals surface area contributed by atoms with E-state index in [4.69, 9.17) is 0 Å². The molecule has 1 saturated heterocycles. The van der Waals surface area contributed by atoms with Crippen molar-refractivity contribution < 1.29 is 4.79 Å². The summed E-state index contributed by atoms with van der Waals surface area (Å²) in [6.07, 6.45) is 3.56. The predicted molar refractivity (Wildman–Crippen MR) is 97.7 cm³/mol. The maximum Gasteiger partial charge on any atom is 0.274 e. The Morgan fingerprint density at radius 1 is 1.16 bits per heavy atom. The Balaban J connectivity index is 1.52. The van der Waals surface area contributed by atoms with Gasteiger partial charge in [-0.05, 0) is 29.8 Å². The second kappa shape index (κ2) is 7.04. The molecule has 4 rings (SSSR count). The number of amides is 1. The second-order valence-corrected chi connectivity index (χ2v) is 6.25. The van der Waals surface area contributed by atoms with Crippen LogP contribution < -0.4 is 10.6 Å². The topological polar surface area (TPSA) is 61.7 Å². The van der Waals surface area contributed by atoms with Crippen molar-refractivity contribution in [1.82, 2.24) is 19.6 Å². The van der Waals surface area contributed by atoms with Gasteiger partial charge in [-0.1, -0.05) is 18.2 Å². The number of rotatable bonds is 4. The number of carbonyl (C=O) groups excluding carboxylic acids is 1. The Morgan fingerprint density at radius 3 is 2.76 bits per heavy atom. The molecule has 3 heterocycles. The van der Waals surface area contributed by atoms with Crippen LogP contribution in [0.3, 0.4) is 0 Å². The molecular formula is C19H21N5O. The molecular weight excluding hydrogens is 314 g/mol. The Labute approximate surface area is 146 Å². The number of nitrogens with one attached hydrogen (secondary N) is 2. The summed E-state index contributed by atoms with van der Waals surface area (Å²) in [6.45, 7) is 5.11. The van der Waals surface area contributed by atoms with Gasteiger partial charge in [-0.15, -0.1) is 0 Å². The molecule has 0 unspecified atom stereocenters. The van der Waals surface area contributed by atoms with Crippen LogP contribution in [0.5, 0.6) is 0 Å². The first-order valence-corrected chi connectivity index (χ1v) is 8.55. The number of para-hydroxylation sites is 1. The number of aromatic nitrogens is 2. The number of imidazole rings is 1. The highest BCUT2D eigenvalue weighted by molar-refractivity contribution is 6.03. The Hall–Kier alpha value is -2.70. The van der Waals surface area contributed by atoms with Gasteiger partial charge in [0.15, 0.2) is 0 Å². The largest absolute Gasteiger partial charge is 0.321 e. The monoisotopic (exact) mass is 335 g/mol. The molecule has 6 heteroatoms. The van der Waals surface area contributed by atoms with Gasteiger partial charge in [-0.3, -0.25) is 14.1 Å². The smallest absolute Gasteiger partial charge is 0.274 e. The zero-order chi connectivity index (χ0) is 17.1. The second-order valence-electron chi connectivity index (χ2n) is 6.25. The summed E-state index contributed by atoms with van der Waals surface area (Å²) >= 11 is 0. The molecule has 0 spiro atoms. The van der Waals surface area contributed by atoms with Crippen molar-refractivity contribution in [2.45, 2.75) is 6.54 Å². The van der Waals surface area contributed by atoms with Crippen molar-refractivity contribution in [3.8, 4) is 0 Å². The molecule has 0 bridgehead atoms. The third-order valence-electron chi connectivity index (χ3n) is 4.46. The van der Waals surface area contributed by atoms with Crippen LogP contribution >= 0.6 is 0 Å². The first-order chi connectivity index (χ1) is 12.3. The van der Waals surface area contributed by atoms with Crippen LogP contribution in [0.1, 0.15) is 16.1 Å². The van der Waals surface area contributed by atoms with E-state index in [0.29, 0.717) is 5.69 Å². The SMILES string of the molecule is O=C(Nc1ccccc1)c1cnc2cc(CN3CCNCC3)ccn12. The first kappa shape index (κ1) is 15.8. The average molecular weight is 335 g/mol. The lowest BCUT2D eigenvalue weighted by Gasteiger charge is -2.27. The predicted octanol–water partition coefficient (Wildman–Crippen LogP) is 1.99. The number of benzene rings is 1. The first-order valence-electron chi connectivity index (χ1n) is 8.55. The summed E-state index contributed by atoms with van der Waals surface area (Å²) in [6, 6.07) is 13.6. The van der Waals surface area contributed by atoms with Crippen molar-refractivity contribution in [3.63, 3.8) is 0 Å². The zero-order valence-corrected chi connectivity index (χ0v) is 14.0. The van der Waals surface area contributed by atoms with Gasteiger partial charge < -0.3 is 10.6 Å². The zero-order valence-electron chi connectivity index (χ0n) is 14.0. The molecule has 1 aromatic carbocycles. The van der Waals surface area contributed by atoms with E-state index in [1.54, 1.807) is 6.20 Å². The highest BCUT2D eigenvalue weighted by Crippen LogP contribution is 2.14. The summed E-state index contributed by atoms with van der Waals surface area (Å²) < 4.78 is 1.83. The van der Waals surface area contributed by atoms with Gasteiger partial charge in [-0.2, -0.15) is 0 Å². The number of piperazine rings is 1. The molecule has 1 aliphatic rings. The minimum absolute atomic E-state index is 0.159. The summed E-state index contributed by atoms with van der Waals surface area (Å²) in [5.74, 6) is -0.159. The molecule has 0 atom stereocenters. The molecule has 3 aromatic rings. The quantitative estimate of drug-likeness (QED) is 0.765. The van der Waals surface area contributed by atoms with Crippen molar-refractivity contribution in [2.24, 2.45) is 0 Å². The van der Waals surface area contributed by atoms with Gasteiger partial charge in [0, 0.05) is 44.6 Å². The van der Waals surface area contributed by atoms with Gasteiger partial charge in [0.2, 0.25) is 0 Å². The van der Waals surface area contributed by atoms with E-state index in [9.17, 15) is 4.79 Å². The van der Waals surface area contributed by atoms with Crippen LogP contribution in [-0.2, 0) is 6.54 Å². The lowest BCUT2D eigenvalue weighted by atomic mass is 10.2. The average Bonchev–Trinajstić information content (AvgIpc) is 3.07. The van der Waals surface area contributed by atoms with Gasteiger partial charge in [-0.25, -0.2) is 4.98 Å². The third-order valence-corrected chi connectivity index (χ3v) is 4.46. The van der Waals surface area contributed by atoms with Crippen LogP contribution in [0.2, 0.25) is 0 Å². The van der Waals surface area contributed by atoms with E-state index in [1.807, 2.05) is 40.9 Å². The van der Waals surface area contributed by atoms with Gasteiger partial charge in [0.05, 0.1) is 6.20 Å². The number of anilines is 1. The van der Waals surface area contributed by atoms with E-state index in [-0.39, 0.29) is 5.91 Å². The maximum absolute atomic E-state index is 12.5. The number of fused-ring (bicyclic) bond motifs is 1. The maximum atomic E-state index is 12.5.